The van der Waals surface area contributed by atoms with Gasteiger partial charge in [-0.15, -0.1) is 0 Å². The zero-order valence-corrected chi connectivity index (χ0v) is 12.3. The summed E-state index contributed by atoms with van der Waals surface area (Å²) in [6.45, 7) is 4.01. The van der Waals surface area contributed by atoms with Gasteiger partial charge in [-0.3, -0.25) is 14.5 Å². The third-order valence-corrected chi connectivity index (χ3v) is 3.36. The fourth-order valence-electron chi connectivity index (χ4n) is 2.10. The van der Waals surface area contributed by atoms with E-state index in [-0.39, 0.29) is 17.9 Å². The Balaban J connectivity index is 2.29. The van der Waals surface area contributed by atoms with Crippen molar-refractivity contribution in [3.05, 3.63) is 0 Å². The molecular formula is C12H22N4O2S. The number of nitrogens with one attached hydrogen (secondary N) is 1. The summed E-state index contributed by atoms with van der Waals surface area (Å²) in [5, 5.41) is 2.88. The van der Waals surface area contributed by atoms with Crippen LogP contribution < -0.4 is 11.1 Å². The van der Waals surface area contributed by atoms with Gasteiger partial charge in [0.15, 0.2) is 0 Å². The highest BCUT2D eigenvalue weighted by Gasteiger charge is 2.25. The lowest BCUT2D eigenvalue weighted by Crippen LogP contribution is -2.40. The molecule has 2 amide bonds. The molecule has 0 radical (unpaired) electrons. The maximum absolute atomic E-state index is 12.0. The Bertz CT molecular complexity index is 362. The van der Waals surface area contributed by atoms with Gasteiger partial charge in [0.05, 0.1) is 11.5 Å². The molecule has 0 spiro atoms. The minimum Gasteiger partial charge on any atom is -0.393 e. The average Bonchev–Trinajstić information content (AvgIpc) is 2.72. The van der Waals surface area contributed by atoms with Gasteiger partial charge in [0, 0.05) is 46.1 Å². The number of carbonyl (C=O) groups is 2. The quantitative estimate of drug-likeness (QED) is 0.633. The molecule has 7 heteroatoms. The topological polar surface area (TPSA) is 78.7 Å². The lowest BCUT2D eigenvalue weighted by Gasteiger charge is -2.21. The van der Waals surface area contributed by atoms with E-state index in [0.29, 0.717) is 24.5 Å². The van der Waals surface area contributed by atoms with Gasteiger partial charge in [0.2, 0.25) is 11.8 Å². The molecule has 0 aliphatic carbocycles. The predicted octanol–water partition coefficient (Wildman–Crippen LogP) is -0.669. The molecule has 6 nitrogen and oxygen atoms in total. The van der Waals surface area contributed by atoms with E-state index >= 15 is 0 Å². The van der Waals surface area contributed by atoms with Crippen molar-refractivity contribution in [2.45, 2.75) is 25.8 Å². The number of nitrogens with two attached hydrogens (primary N) is 1. The number of hydrogen-bond acceptors (Lipinski definition) is 4. The number of rotatable bonds is 6. The van der Waals surface area contributed by atoms with Crippen LogP contribution in [0.3, 0.4) is 0 Å². The zero-order chi connectivity index (χ0) is 14.4. The van der Waals surface area contributed by atoms with Crippen LogP contribution in [0.4, 0.5) is 0 Å². The summed E-state index contributed by atoms with van der Waals surface area (Å²) in [7, 11) is 1.75. The van der Waals surface area contributed by atoms with Crippen LogP contribution in [0.1, 0.15) is 19.8 Å². The van der Waals surface area contributed by atoms with Crippen LogP contribution in [-0.4, -0.2) is 65.9 Å². The summed E-state index contributed by atoms with van der Waals surface area (Å²) >= 11 is 4.79. The lowest BCUT2D eigenvalue weighted by molar-refractivity contribution is -0.130. The minimum absolute atomic E-state index is 0.0215. The Labute approximate surface area is 119 Å². The van der Waals surface area contributed by atoms with E-state index in [0.717, 1.165) is 19.5 Å². The first-order valence-electron chi connectivity index (χ1n) is 6.40. The normalized spacial score (nSPS) is 19.2. The van der Waals surface area contributed by atoms with E-state index in [9.17, 15) is 9.59 Å². The van der Waals surface area contributed by atoms with Crippen LogP contribution in [0.15, 0.2) is 0 Å². The maximum Gasteiger partial charge on any atom is 0.236 e. The molecule has 0 aromatic rings. The third kappa shape index (κ3) is 5.98. The van der Waals surface area contributed by atoms with Gasteiger partial charge in [0.25, 0.3) is 0 Å². The molecule has 1 unspecified atom stereocenters. The van der Waals surface area contributed by atoms with Crippen molar-refractivity contribution >= 4 is 29.0 Å². The molecule has 0 aromatic heterocycles. The standard InChI is InChI=1S/C12H22N4O2S/c1-9(17)14-10-3-6-16(7-10)8-12(18)15(2)5-4-11(13)19/h10H,3-8H2,1-2H3,(H2,13,19)(H,14,17). The number of amides is 2. The van der Waals surface area contributed by atoms with Crippen LogP contribution in [0, 0.1) is 0 Å². The van der Waals surface area contributed by atoms with Gasteiger partial charge in [-0.25, -0.2) is 0 Å². The maximum atomic E-state index is 12.0. The van der Waals surface area contributed by atoms with Gasteiger partial charge in [-0.1, -0.05) is 12.2 Å². The highest BCUT2D eigenvalue weighted by Crippen LogP contribution is 2.09. The highest BCUT2D eigenvalue weighted by molar-refractivity contribution is 7.80. The van der Waals surface area contributed by atoms with Crippen molar-refractivity contribution in [2.24, 2.45) is 5.73 Å². The van der Waals surface area contributed by atoms with E-state index in [1.165, 1.54) is 6.92 Å². The van der Waals surface area contributed by atoms with E-state index < -0.39 is 0 Å². The minimum atomic E-state index is -0.0215. The highest BCUT2D eigenvalue weighted by atomic mass is 32.1. The Morgan fingerprint density at radius 1 is 1.53 bits per heavy atom. The zero-order valence-electron chi connectivity index (χ0n) is 11.5. The van der Waals surface area contributed by atoms with Crippen molar-refractivity contribution in [3.63, 3.8) is 0 Å². The van der Waals surface area contributed by atoms with Crippen molar-refractivity contribution in [3.8, 4) is 0 Å². The Hall–Kier alpha value is -1.21. The van der Waals surface area contributed by atoms with Gasteiger partial charge in [-0.2, -0.15) is 0 Å². The van der Waals surface area contributed by atoms with Crippen LogP contribution >= 0.6 is 12.2 Å². The molecule has 1 aliphatic rings. The Morgan fingerprint density at radius 2 is 2.21 bits per heavy atom. The molecule has 1 rings (SSSR count). The summed E-state index contributed by atoms with van der Waals surface area (Å²) in [4.78, 5) is 27.0. The third-order valence-electron chi connectivity index (χ3n) is 3.16. The van der Waals surface area contributed by atoms with Crippen molar-refractivity contribution in [2.75, 3.05) is 33.2 Å². The van der Waals surface area contributed by atoms with Crippen molar-refractivity contribution < 1.29 is 9.59 Å². The monoisotopic (exact) mass is 286 g/mol. The molecule has 19 heavy (non-hydrogen) atoms. The smallest absolute Gasteiger partial charge is 0.236 e. The van der Waals surface area contributed by atoms with E-state index in [1.54, 1.807) is 11.9 Å². The summed E-state index contributed by atoms with van der Waals surface area (Å²) < 4.78 is 0. The summed E-state index contributed by atoms with van der Waals surface area (Å²) in [6, 6.07) is 0.159. The Morgan fingerprint density at radius 3 is 2.79 bits per heavy atom. The first-order chi connectivity index (χ1) is 8.88. The van der Waals surface area contributed by atoms with Crippen molar-refractivity contribution in [1.82, 2.24) is 15.1 Å². The molecule has 0 bridgehead atoms. The SMILES string of the molecule is CC(=O)NC1CCN(CC(=O)N(C)CCC(N)=S)C1. The second-order valence-corrected chi connectivity index (χ2v) is 5.48. The summed E-state index contributed by atoms with van der Waals surface area (Å²) in [5.41, 5.74) is 5.41. The fraction of sp³-hybridized carbons (Fsp3) is 0.750. The molecule has 1 atom stereocenters. The number of likely N-dealkylation sites (tertiary alicyclic amines) is 1. The first-order valence-corrected chi connectivity index (χ1v) is 6.81. The van der Waals surface area contributed by atoms with Crippen LogP contribution in [0.5, 0.6) is 0 Å². The molecule has 108 valence electrons. The predicted molar refractivity (Wildman–Crippen MR) is 77.7 cm³/mol. The molecule has 1 saturated heterocycles. The van der Waals surface area contributed by atoms with Gasteiger partial charge in [0.1, 0.15) is 0 Å². The number of thiocarbonyl (C=S) groups is 1. The largest absolute Gasteiger partial charge is 0.393 e. The molecule has 1 heterocycles. The fourth-order valence-corrected chi connectivity index (χ4v) is 2.19. The number of hydrogen-bond donors (Lipinski definition) is 2. The van der Waals surface area contributed by atoms with Crippen LogP contribution in [0.2, 0.25) is 0 Å². The molecule has 1 aliphatic heterocycles. The van der Waals surface area contributed by atoms with Gasteiger partial charge in [-0.05, 0) is 6.42 Å². The van der Waals surface area contributed by atoms with Gasteiger partial charge < -0.3 is 16.0 Å². The average molecular weight is 286 g/mol. The second-order valence-electron chi connectivity index (χ2n) is 4.95. The lowest BCUT2D eigenvalue weighted by atomic mass is 10.2. The van der Waals surface area contributed by atoms with E-state index in [1.807, 2.05) is 0 Å². The number of carbonyl (C=O) groups excluding carboxylic acids is 2. The number of likely N-dealkylation sites (N-methyl/N-ethyl adjacent to an activating group) is 1. The summed E-state index contributed by atoms with van der Waals surface area (Å²) in [5.74, 6) is 0.0338. The van der Waals surface area contributed by atoms with E-state index in [4.69, 9.17) is 18.0 Å². The molecular weight excluding hydrogens is 264 g/mol. The Kier molecular flexibility index (Phi) is 6.17. The summed E-state index contributed by atoms with van der Waals surface area (Å²) in [6.07, 6.45) is 1.44. The second kappa shape index (κ2) is 7.40. The van der Waals surface area contributed by atoms with Crippen LogP contribution in [-0.2, 0) is 9.59 Å². The molecule has 1 fully saturated rings. The van der Waals surface area contributed by atoms with Gasteiger partial charge >= 0.3 is 0 Å². The van der Waals surface area contributed by atoms with E-state index in [2.05, 4.69) is 10.2 Å². The first kappa shape index (κ1) is 15.8. The molecule has 0 saturated carbocycles. The molecule has 0 aromatic carbocycles. The molecule has 3 N–H and O–H groups in total. The number of nitrogens with zero attached hydrogens (tertiary/aromatic N) is 2. The van der Waals surface area contributed by atoms with Crippen molar-refractivity contribution in [1.29, 1.82) is 0 Å². The van der Waals surface area contributed by atoms with Crippen LogP contribution in [0.25, 0.3) is 0 Å².